The Hall–Kier alpha value is -2.74. The minimum Gasteiger partial charge on any atom is -0.463 e. The van der Waals surface area contributed by atoms with E-state index in [2.05, 4.69) is 5.32 Å². The fraction of sp³-hybridized carbons (Fsp3) is 0.333. The predicted molar refractivity (Wildman–Crippen MR) is 106 cm³/mol. The molecule has 0 bridgehead atoms. The summed E-state index contributed by atoms with van der Waals surface area (Å²) in [6, 6.07) is 12.3. The molecule has 0 radical (unpaired) electrons. The minimum atomic E-state index is -4.03. The molecule has 0 aliphatic rings. The molecule has 1 amide bonds. The van der Waals surface area contributed by atoms with Gasteiger partial charge in [-0.15, -0.1) is 0 Å². The van der Waals surface area contributed by atoms with Gasteiger partial charge < -0.3 is 10.1 Å². The smallest absolute Gasteiger partial charge is 0.308 e. The zero-order valence-electron chi connectivity index (χ0n) is 16.5. The first kappa shape index (κ1) is 22.5. The molecule has 1 N–H and O–H groups in total. The van der Waals surface area contributed by atoms with Crippen LogP contribution >= 0.6 is 0 Å². The summed E-state index contributed by atoms with van der Waals surface area (Å²) in [5.74, 6) is -1.85. The summed E-state index contributed by atoms with van der Waals surface area (Å²) >= 11 is 0. The van der Waals surface area contributed by atoms with Crippen LogP contribution in [0.3, 0.4) is 0 Å². The highest BCUT2D eigenvalue weighted by Gasteiger charge is 2.32. The SMILES string of the molecule is CC(C)OC(=O)CC(NC(=O)C(C)S(=O)(=O)c1ccc(F)cc1)c1ccccc1. The minimum absolute atomic E-state index is 0.142. The Bertz CT molecular complexity index is 943. The van der Waals surface area contributed by atoms with Crippen molar-refractivity contribution < 1.29 is 27.1 Å². The summed E-state index contributed by atoms with van der Waals surface area (Å²) in [6.07, 6.45) is -0.454. The molecule has 0 aliphatic heterocycles. The number of carbonyl (C=O) groups excluding carboxylic acids is 2. The van der Waals surface area contributed by atoms with Gasteiger partial charge in [-0.1, -0.05) is 30.3 Å². The Morgan fingerprint density at radius 3 is 2.14 bits per heavy atom. The zero-order chi connectivity index (χ0) is 21.6. The highest BCUT2D eigenvalue weighted by Crippen LogP contribution is 2.21. The largest absolute Gasteiger partial charge is 0.463 e. The van der Waals surface area contributed by atoms with Crippen molar-refractivity contribution in [1.29, 1.82) is 0 Å². The normalized spacial score (nSPS) is 13.6. The lowest BCUT2D eigenvalue weighted by Gasteiger charge is -2.21. The maximum atomic E-state index is 13.1. The van der Waals surface area contributed by atoms with Crippen LogP contribution in [-0.2, 0) is 24.2 Å². The van der Waals surface area contributed by atoms with E-state index in [1.54, 1.807) is 44.2 Å². The predicted octanol–water partition coefficient (Wildman–Crippen LogP) is 3.19. The number of nitrogens with one attached hydrogen (secondary N) is 1. The van der Waals surface area contributed by atoms with E-state index < -0.39 is 38.8 Å². The lowest BCUT2D eigenvalue weighted by atomic mass is 10.0. The third-order valence-corrected chi connectivity index (χ3v) is 6.31. The van der Waals surface area contributed by atoms with Gasteiger partial charge in [-0.25, -0.2) is 12.8 Å². The summed E-state index contributed by atoms with van der Waals surface area (Å²) < 4.78 is 43.6. The number of esters is 1. The van der Waals surface area contributed by atoms with Crippen LogP contribution in [0.2, 0.25) is 0 Å². The number of benzene rings is 2. The van der Waals surface area contributed by atoms with Gasteiger partial charge in [-0.3, -0.25) is 9.59 Å². The van der Waals surface area contributed by atoms with E-state index in [4.69, 9.17) is 4.74 Å². The van der Waals surface area contributed by atoms with Gasteiger partial charge in [0.1, 0.15) is 11.1 Å². The van der Waals surface area contributed by atoms with Crippen molar-refractivity contribution in [2.45, 2.75) is 49.5 Å². The first-order valence-corrected chi connectivity index (χ1v) is 10.7. The van der Waals surface area contributed by atoms with Crippen LogP contribution in [0.15, 0.2) is 59.5 Å². The average Bonchev–Trinajstić information content (AvgIpc) is 2.67. The van der Waals surface area contributed by atoms with Gasteiger partial charge in [0.2, 0.25) is 5.91 Å². The van der Waals surface area contributed by atoms with Gasteiger partial charge in [0.05, 0.1) is 23.5 Å². The molecule has 0 heterocycles. The van der Waals surface area contributed by atoms with Gasteiger partial charge in [0.25, 0.3) is 0 Å². The van der Waals surface area contributed by atoms with E-state index in [9.17, 15) is 22.4 Å². The van der Waals surface area contributed by atoms with Crippen LogP contribution < -0.4 is 5.32 Å². The van der Waals surface area contributed by atoms with E-state index >= 15 is 0 Å². The zero-order valence-corrected chi connectivity index (χ0v) is 17.3. The third kappa shape index (κ3) is 6.12. The fourth-order valence-corrected chi connectivity index (χ4v) is 3.95. The van der Waals surface area contributed by atoms with Crippen LogP contribution in [0.5, 0.6) is 0 Å². The van der Waals surface area contributed by atoms with Crippen LogP contribution in [0.1, 0.15) is 38.8 Å². The summed E-state index contributed by atoms with van der Waals surface area (Å²) in [5.41, 5.74) is 0.646. The summed E-state index contributed by atoms with van der Waals surface area (Å²) in [4.78, 5) is 24.7. The molecule has 0 aliphatic carbocycles. The van der Waals surface area contributed by atoms with Crippen LogP contribution in [0.25, 0.3) is 0 Å². The molecule has 2 atom stereocenters. The van der Waals surface area contributed by atoms with Crippen LogP contribution in [0.4, 0.5) is 4.39 Å². The van der Waals surface area contributed by atoms with Crippen LogP contribution in [-0.4, -0.2) is 31.6 Å². The second-order valence-electron chi connectivity index (χ2n) is 6.86. The molecule has 0 aromatic heterocycles. The number of carbonyl (C=O) groups is 2. The Labute approximate surface area is 170 Å². The standard InChI is InChI=1S/C21H24FNO5S/c1-14(2)28-20(24)13-19(16-7-5-4-6-8-16)23-21(25)15(3)29(26,27)18-11-9-17(22)10-12-18/h4-12,14-15,19H,13H2,1-3H3,(H,23,25). The molecule has 6 nitrogen and oxygen atoms in total. The van der Waals surface area contributed by atoms with Crippen molar-refractivity contribution in [1.82, 2.24) is 5.32 Å². The molecule has 0 saturated carbocycles. The van der Waals surface area contributed by atoms with Crippen molar-refractivity contribution in [2.24, 2.45) is 0 Å². The molecule has 2 aromatic rings. The highest BCUT2D eigenvalue weighted by atomic mass is 32.2. The molecule has 0 fully saturated rings. The van der Waals surface area contributed by atoms with Crippen molar-refractivity contribution in [3.63, 3.8) is 0 Å². The number of halogens is 1. The maximum Gasteiger partial charge on any atom is 0.308 e. The molecule has 156 valence electrons. The summed E-state index contributed by atoms with van der Waals surface area (Å²) in [6.45, 7) is 4.68. The second kappa shape index (κ2) is 9.65. The van der Waals surface area contributed by atoms with Gasteiger partial charge in [0, 0.05) is 0 Å². The molecule has 29 heavy (non-hydrogen) atoms. The molecule has 2 rings (SSSR count). The van der Waals surface area contributed by atoms with E-state index in [1.807, 2.05) is 0 Å². The van der Waals surface area contributed by atoms with Crippen molar-refractivity contribution in [3.05, 3.63) is 66.0 Å². The Morgan fingerprint density at radius 2 is 1.59 bits per heavy atom. The second-order valence-corrected chi connectivity index (χ2v) is 9.12. The first-order chi connectivity index (χ1) is 13.6. The monoisotopic (exact) mass is 421 g/mol. The van der Waals surface area contributed by atoms with Crippen molar-refractivity contribution in [2.75, 3.05) is 0 Å². The van der Waals surface area contributed by atoms with Gasteiger partial charge in [0.15, 0.2) is 9.84 Å². The quantitative estimate of drug-likeness (QED) is 0.522. The number of amides is 1. The number of hydrogen-bond acceptors (Lipinski definition) is 5. The first-order valence-electron chi connectivity index (χ1n) is 9.15. The van der Waals surface area contributed by atoms with Gasteiger partial charge in [-0.05, 0) is 50.6 Å². The molecular weight excluding hydrogens is 397 g/mol. The van der Waals surface area contributed by atoms with Gasteiger partial charge >= 0.3 is 5.97 Å². The number of sulfone groups is 1. The third-order valence-electron chi connectivity index (χ3n) is 4.23. The molecule has 0 saturated heterocycles. The lowest BCUT2D eigenvalue weighted by molar-refractivity contribution is -0.148. The van der Waals surface area contributed by atoms with E-state index in [-0.39, 0.29) is 17.4 Å². The lowest BCUT2D eigenvalue weighted by Crippen LogP contribution is -2.40. The van der Waals surface area contributed by atoms with E-state index in [0.29, 0.717) is 5.56 Å². The van der Waals surface area contributed by atoms with Crippen molar-refractivity contribution in [3.8, 4) is 0 Å². The molecule has 0 spiro atoms. The Kier molecular flexibility index (Phi) is 7.50. The molecule has 2 unspecified atom stereocenters. The number of ether oxygens (including phenoxy) is 1. The Balaban J connectivity index is 2.21. The molecule has 2 aromatic carbocycles. The number of rotatable bonds is 8. The van der Waals surface area contributed by atoms with Crippen molar-refractivity contribution >= 4 is 21.7 Å². The molecule has 8 heteroatoms. The molecular formula is C21H24FNO5S. The van der Waals surface area contributed by atoms with Gasteiger partial charge in [-0.2, -0.15) is 0 Å². The summed E-state index contributed by atoms with van der Waals surface area (Å²) in [7, 11) is -4.03. The van der Waals surface area contributed by atoms with E-state index in [0.717, 1.165) is 24.3 Å². The Morgan fingerprint density at radius 1 is 1.00 bits per heavy atom. The topological polar surface area (TPSA) is 89.5 Å². The number of hydrogen-bond donors (Lipinski definition) is 1. The average molecular weight is 421 g/mol. The van der Waals surface area contributed by atoms with Crippen LogP contribution in [0, 0.1) is 5.82 Å². The maximum absolute atomic E-state index is 13.1. The highest BCUT2D eigenvalue weighted by molar-refractivity contribution is 7.92. The van der Waals surface area contributed by atoms with E-state index in [1.165, 1.54) is 6.92 Å². The summed E-state index contributed by atoms with van der Waals surface area (Å²) in [5, 5.41) is 1.20. The fourth-order valence-electron chi connectivity index (χ4n) is 2.67.